The standard InChI is InChI=1S/C33H29BrN6O5/c1-41-25-11-7-22(8-12-25)33(37-31-28(16-18-45-31)29(35)40(33)34)39(23-9-13-26(42-2)14-10-23)32-36-30-21(15-17-44-30)20-38(32)24-5-4-6-27(19-24)43-3/h4-19H,20,35H2,1-3H3. The van der Waals surface area contributed by atoms with E-state index in [9.17, 15) is 0 Å². The van der Waals surface area contributed by atoms with Gasteiger partial charge < -0.3 is 33.7 Å². The van der Waals surface area contributed by atoms with Crippen molar-refractivity contribution in [1.29, 1.82) is 0 Å². The normalized spacial score (nSPS) is 17.2. The van der Waals surface area contributed by atoms with Crippen LogP contribution in [0.1, 0.15) is 11.1 Å². The molecule has 2 aliphatic rings. The lowest BCUT2D eigenvalue weighted by Gasteiger charge is -2.49. The Bertz CT molecular complexity index is 2010. The van der Waals surface area contributed by atoms with Crippen molar-refractivity contribution in [2.24, 2.45) is 15.7 Å². The fourth-order valence-corrected chi connectivity index (χ4v) is 6.20. The van der Waals surface area contributed by atoms with Gasteiger partial charge in [-0.25, -0.2) is 3.93 Å². The van der Waals surface area contributed by atoms with Gasteiger partial charge in [0.15, 0.2) is 0 Å². The minimum absolute atomic E-state index is 0.362. The summed E-state index contributed by atoms with van der Waals surface area (Å²) in [5, 5.41) is 0.647. The van der Waals surface area contributed by atoms with Crippen LogP contribution in [-0.2, 0) is 12.3 Å². The van der Waals surface area contributed by atoms with Crippen LogP contribution < -0.4 is 40.5 Å². The summed E-state index contributed by atoms with van der Waals surface area (Å²) in [5.41, 5.74) is 10.4. The van der Waals surface area contributed by atoms with E-state index in [1.54, 1.807) is 43.8 Å². The molecule has 5 aromatic rings. The highest BCUT2D eigenvalue weighted by Crippen LogP contribution is 2.45. The Labute approximate surface area is 267 Å². The number of halogens is 1. The summed E-state index contributed by atoms with van der Waals surface area (Å²) in [6.45, 7) is 0.455. The van der Waals surface area contributed by atoms with Gasteiger partial charge in [0, 0.05) is 28.6 Å². The van der Waals surface area contributed by atoms with Crippen molar-refractivity contribution < 1.29 is 23.0 Å². The number of hydrogen-bond donors (Lipinski definition) is 1. The third kappa shape index (κ3) is 4.65. The van der Waals surface area contributed by atoms with Crippen LogP contribution in [0.15, 0.2) is 116 Å². The molecule has 0 bridgehead atoms. The molecule has 4 heterocycles. The van der Waals surface area contributed by atoms with Crippen LogP contribution >= 0.6 is 16.1 Å². The second-order valence-corrected chi connectivity index (χ2v) is 11.0. The van der Waals surface area contributed by atoms with Gasteiger partial charge in [-0.15, -0.1) is 0 Å². The highest BCUT2D eigenvalue weighted by molar-refractivity contribution is 9.07. The number of guanidine groups is 1. The average Bonchev–Trinajstić information content (AvgIpc) is 3.76. The number of nitrogens with zero attached hydrogens (tertiary/aromatic N) is 5. The minimum Gasteiger partial charge on any atom is -0.497 e. The van der Waals surface area contributed by atoms with Gasteiger partial charge in [0.05, 0.1) is 61.8 Å². The summed E-state index contributed by atoms with van der Waals surface area (Å²) in [6, 6.07) is 26.8. The summed E-state index contributed by atoms with van der Waals surface area (Å²) in [4.78, 5) is 14.5. The molecule has 12 heteroatoms. The molecule has 0 saturated carbocycles. The Morgan fingerprint density at radius 1 is 0.844 bits per heavy atom. The van der Waals surface area contributed by atoms with Crippen molar-refractivity contribution in [2.75, 3.05) is 31.1 Å². The van der Waals surface area contributed by atoms with Crippen LogP contribution in [0.3, 0.4) is 0 Å². The fraction of sp³-hybridized carbons (Fsp3) is 0.152. The Morgan fingerprint density at radius 2 is 1.53 bits per heavy atom. The quantitative estimate of drug-likeness (QED) is 0.234. The Balaban J connectivity index is 1.56. The number of nitrogens with two attached hydrogens (primary N) is 1. The first-order chi connectivity index (χ1) is 22.0. The fourth-order valence-electron chi connectivity index (χ4n) is 5.56. The molecule has 2 aromatic heterocycles. The Morgan fingerprint density at radius 3 is 2.24 bits per heavy atom. The lowest BCUT2D eigenvalue weighted by Crippen LogP contribution is -2.64. The number of fused-ring (bicyclic) bond motifs is 2. The van der Waals surface area contributed by atoms with Crippen molar-refractivity contribution in [3.63, 3.8) is 0 Å². The number of hydrogen-bond acceptors (Lipinski definition) is 11. The van der Waals surface area contributed by atoms with Crippen LogP contribution in [0.5, 0.6) is 17.2 Å². The molecule has 0 fully saturated rings. The van der Waals surface area contributed by atoms with E-state index >= 15 is 0 Å². The van der Waals surface area contributed by atoms with E-state index in [2.05, 4.69) is 21.0 Å². The van der Waals surface area contributed by atoms with Crippen LogP contribution in [0.2, 0.25) is 0 Å². The summed E-state index contributed by atoms with van der Waals surface area (Å²) in [5.74, 6) is 2.04. The zero-order valence-corrected chi connectivity index (χ0v) is 26.3. The van der Waals surface area contributed by atoms with E-state index in [0.717, 1.165) is 22.5 Å². The maximum atomic E-state index is 6.85. The maximum absolute atomic E-state index is 6.85. The van der Waals surface area contributed by atoms with Gasteiger partial charge in [-0.05, 0) is 72.8 Å². The van der Waals surface area contributed by atoms with E-state index in [0.29, 0.717) is 52.2 Å². The van der Waals surface area contributed by atoms with E-state index in [4.69, 9.17) is 38.8 Å². The van der Waals surface area contributed by atoms with Crippen molar-refractivity contribution in [2.45, 2.75) is 12.3 Å². The zero-order chi connectivity index (χ0) is 31.1. The molecule has 0 aliphatic carbocycles. The van der Waals surface area contributed by atoms with Gasteiger partial charge >= 0.3 is 0 Å². The first-order valence-corrected chi connectivity index (χ1v) is 14.7. The van der Waals surface area contributed by atoms with Crippen molar-refractivity contribution >= 4 is 45.2 Å². The topological polar surface area (TPSA) is 114 Å². The molecule has 0 radical (unpaired) electrons. The van der Waals surface area contributed by atoms with Crippen LogP contribution in [0.25, 0.3) is 5.82 Å². The van der Waals surface area contributed by atoms with Gasteiger partial charge in [0.2, 0.25) is 17.4 Å². The summed E-state index contributed by atoms with van der Waals surface area (Å²) < 4.78 is 30.2. The molecule has 11 nitrogen and oxygen atoms in total. The minimum atomic E-state index is -1.42. The van der Waals surface area contributed by atoms with Crippen molar-refractivity contribution in [3.8, 4) is 17.2 Å². The van der Waals surface area contributed by atoms with Crippen LogP contribution in [0, 0.1) is 0 Å². The van der Waals surface area contributed by atoms with Gasteiger partial charge in [-0.3, -0.25) is 4.90 Å². The molecule has 2 aliphatic heterocycles. The summed E-state index contributed by atoms with van der Waals surface area (Å²) in [6.07, 6.45) is 3.21. The van der Waals surface area contributed by atoms with Crippen molar-refractivity contribution in [3.05, 3.63) is 119 Å². The molecule has 45 heavy (non-hydrogen) atoms. The molecule has 228 valence electrons. The lowest BCUT2D eigenvalue weighted by molar-refractivity contribution is 0.271. The zero-order valence-electron chi connectivity index (χ0n) is 24.7. The second-order valence-electron chi connectivity index (χ2n) is 10.3. The molecule has 0 saturated heterocycles. The third-order valence-electron chi connectivity index (χ3n) is 7.84. The van der Waals surface area contributed by atoms with E-state index in [-0.39, 0.29) is 0 Å². The number of anilines is 2. The third-order valence-corrected chi connectivity index (χ3v) is 8.72. The van der Waals surface area contributed by atoms with E-state index < -0.39 is 5.79 Å². The van der Waals surface area contributed by atoms with Crippen LogP contribution in [-0.4, -0.2) is 31.2 Å². The molecule has 1 atom stereocenters. The number of rotatable bonds is 7. The number of methoxy groups -OCH3 is 3. The molecule has 2 N–H and O–H groups in total. The molecule has 7 rings (SSSR count). The monoisotopic (exact) mass is 668 g/mol. The predicted molar refractivity (Wildman–Crippen MR) is 173 cm³/mol. The molecule has 3 aromatic carbocycles. The maximum Gasteiger partial charge on any atom is 0.258 e. The summed E-state index contributed by atoms with van der Waals surface area (Å²) >= 11 is 3.84. The number of aliphatic imine (C=N–C) groups is 1. The first kappa shape index (κ1) is 28.4. The number of benzene rings is 3. The Hall–Kier alpha value is -5.36. The van der Waals surface area contributed by atoms with E-state index in [1.807, 2.05) is 83.8 Å². The lowest BCUT2D eigenvalue weighted by atomic mass is 10.0. The predicted octanol–water partition coefficient (Wildman–Crippen LogP) is 5.19. The Kier molecular flexibility index (Phi) is 7.13. The average molecular weight is 670 g/mol. The second kappa shape index (κ2) is 11.3. The molecular formula is C33H29BrN6O5. The summed E-state index contributed by atoms with van der Waals surface area (Å²) in [7, 11) is 4.90. The van der Waals surface area contributed by atoms with E-state index in [1.165, 1.54) is 0 Å². The molecular weight excluding hydrogens is 640 g/mol. The first-order valence-electron chi connectivity index (χ1n) is 14.0. The number of furan rings is 2. The number of ether oxygens (including phenoxy) is 3. The van der Waals surface area contributed by atoms with Gasteiger partial charge in [-0.2, -0.15) is 9.98 Å². The SMILES string of the molecule is COc1ccc(N(C2=Nc3occc3CN2c2cccc(OC)c2)C2(c3ccc(OC)cc3)N=c3occc3=C(N)N2Br)cc1. The van der Waals surface area contributed by atoms with Gasteiger partial charge in [0.25, 0.3) is 5.79 Å². The van der Waals surface area contributed by atoms with Gasteiger partial charge in [-0.1, -0.05) is 6.07 Å². The van der Waals surface area contributed by atoms with Crippen molar-refractivity contribution in [1.82, 2.24) is 3.93 Å². The highest BCUT2D eigenvalue weighted by atomic mass is 79.9. The highest BCUT2D eigenvalue weighted by Gasteiger charge is 2.51. The van der Waals surface area contributed by atoms with Crippen LogP contribution in [0.4, 0.5) is 17.3 Å². The van der Waals surface area contributed by atoms with Gasteiger partial charge in [0.1, 0.15) is 23.1 Å². The largest absolute Gasteiger partial charge is 0.497 e. The smallest absolute Gasteiger partial charge is 0.258 e. The molecule has 0 spiro atoms. The molecule has 1 unspecified atom stereocenters. The molecule has 0 amide bonds.